The smallest absolute Gasteiger partial charge is 0.429 e. The van der Waals surface area contributed by atoms with Crippen LogP contribution >= 0.6 is 11.6 Å². The number of aromatic nitrogens is 4. The van der Waals surface area contributed by atoms with Gasteiger partial charge in [-0.3, -0.25) is 4.79 Å². The minimum Gasteiger partial charge on any atom is -0.480 e. The van der Waals surface area contributed by atoms with Crippen molar-refractivity contribution in [1.82, 2.24) is 25.1 Å². The van der Waals surface area contributed by atoms with Gasteiger partial charge in [-0.2, -0.15) is 23.3 Å². The van der Waals surface area contributed by atoms with E-state index in [1.807, 2.05) is 6.08 Å². The molecule has 1 aliphatic carbocycles. The molecular weight excluding hydrogens is 537 g/mol. The molecule has 0 amide bonds. The molecule has 2 aliphatic rings. The standard InChI is InChI=1S/C26H26ClF3N6O3/c1-14-6-9-36(35-14)20-10-16(27)2-3-17(20)22(26(28,29)30)39-21-11-18(33-24(31)34-21)15-4-7-25(8-5-15)12-19(23(37)38)32-13-25/h2-4,6,9-11,19,22,32H,5,7-8,12-13H2,1H3,(H,37,38)(H2,31,33,34)/t19-,22+,25-/m0/s1. The molecule has 1 saturated heterocycles. The molecule has 1 spiro atoms. The lowest BCUT2D eigenvalue weighted by Gasteiger charge is -2.31. The molecule has 39 heavy (non-hydrogen) atoms. The number of alkyl halides is 3. The number of carbonyl (C=O) groups is 1. The number of nitrogen functional groups attached to an aromatic ring is 1. The first-order valence-electron chi connectivity index (χ1n) is 12.3. The van der Waals surface area contributed by atoms with Crippen LogP contribution in [0.2, 0.25) is 5.02 Å². The van der Waals surface area contributed by atoms with E-state index >= 15 is 0 Å². The Bertz CT molecular complexity index is 1440. The van der Waals surface area contributed by atoms with Crippen molar-refractivity contribution in [2.75, 3.05) is 12.3 Å². The number of carboxylic acids is 1. The number of nitrogens with two attached hydrogens (primary N) is 1. The largest absolute Gasteiger partial charge is 0.480 e. The number of aliphatic carboxylic acids is 1. The Labute approximate surface area is 226 Å². The Hall–Kier alpha value is -3.64. The second-order valence-corrected chi connectivity index (χ2v) is 10.4. The quantitative estimate of drug-likeness (QED) is 0.387. The number of rotatable bonds is 6. The monoisotopic (exact) mass is 562 g/mol. The van der Waals surface area contributed by atoms with Crippen LogP contribution in [0.4, 0.5) is 19.1 Å². The molecule has 13 heteroatoms. The van der Waals surface area contributed by atoms with Crippen LogP contribution in [0, 0.1) is 12.3 Å². The summed E-state index contributed by atoms with van der Waals surface area (Å²) < 4.78 is 49.9. The van der Waals surface area contributed by atoms with Crippen LogP contribution < -0.4 is 15.8 Å². The highest BCUT2D eigenvalue weighted by molar-refractivity contribution is 6.30. The summed E-state index contributed by atoms with van der Waals surface area (Å²) in [7, 11) is 0. The van der Waals surface area contributed by atoms with Crippen molar-refractivity contribution in [3.05, 3.63) is 64.6 Å². The van der Waals surface area contributed by atoms with Crippen LogP contribution in [-0.2, 0) is 4.79 Å². The maximum absolute atomic E-state index is 14.4. The molecule has 0 unspecified atom stereocenters. The van der Waals surface area contributed by atoms with E-state index in [4.69, 9.17) is 22.1 Å². The fraction of sp³-hybridized carbons (Fsp3) is 0.385. The van der Waals surface area contributed by atoms with Crippen LogP contribution in [-0.4, -0.2) is 49.6 Å². The summed E-state index contributed by atoms with van der Waals surface area (Å²) in [6, 6.07) is 6.42. The second kappa shape index (κ2) is 10.2. The number of halogens is 4. The predicted molar refractivity (Wildman–Crippen MR) is 137 cm³/mol. The lowest BCUT2D eigenvalue weighted by molar-refractivity contribution is -0.198. The van der Waals surface area contributed by atoms with Crippen molar-refractivity contribution in [1.29, 1.82) is 0 Å². The molecular formula is C26H26ClF3N6O3. The predicted octanol–water partition coefficient (Wildman–Crippen LogP) is 4.89. The van der Waals surface area contributed by atoms with Gasteiger partial charge < -0.3 is 20.9 Å². The van der Waals surface area contributed by atoms with Gasteiger partial charge >= 0.3 is 12.1 Å². The van der Waals surface area contributed by atoms with Crippen molar-refractivity contribution in [2.45, 2.75) is 50.9 Å². The molecule has 3 aromatic rings. The van der Waals surface area contributed by atoms with Crippen molar-refractivity contribution in [2.24, 2.45) is 5.41 Å². The summed E-state index contributed by atoms with van der Waals surface area (Å²) in [4.78, 5) is 19.5. The van der Waals surface area contributed by atoms with Crippen LogP contribution in [0.3, 0.4) is 0 Å². The molecule has 9 nitrogen and oxygen atoms in total. The lowest BCUT2D eigenvalue weighted by Crippen LogP contribution is -2.30. The van der Waals surface area contributed by atoms with Crippen molar-refractivity contribution >= 4 is 29.1 Å². The molecule has 1 aliphatic heterocycles. The minimum atomic E-state index is -4.81. The average molecular weight is 563 g/mol. The number of carboxylic acid groups (broad SMARTS) is 1. The van der Waals surface area contributed by atoms with E-state index in [9.17, 15) is 23.1 Å². The summed E-state index contributed by atoms with van der Waals surface area (Å²) >= 11 is 6.11. The Kier molecular flexibility index (Phi) is 7.02. The zero-order chi connectivity index (χ0) is 27.9. The van der Waals surface area contributed by atoms with Gasteiger partial charge in [0.1, 0.15) is 6.04 Å². The van der Waals surface area contributed by atoms with Crippen LogP contribution in [0.1, 0.15) is 48.7 Å². The maximum Gasteiger partial charge on any atom is 0.429 e. The molecule has 3 atom stereocenters. The Balaban J connectivity index is 1.44. The van der Waals surface area contributed by atoms with E-state index in [1.165, 1.54) is 28.9 Å². The first kappa shape index (κ1) is 26.9. The van der Waals surface area contributed by atoms with Crippen LogP contribution in [0.25, 0.3) is 11.3 Å². The Morgan fingerprint density at radius 1 is 1.31 bits per heavy atom. The highest BCUT2D eigenvalue weighted by Crippen LogP contribution is 2.45. The van der Waals surface area contributed by atoms with Crippen molar-refractivity contribution < 1.29 is 27.8 Å². The second-order valence-electron chi connectivity index (χ2n) is 10.0. The number of allylic oxidation sites excluding steroid dienone is 2. The topological polar surface area (TPSA) is 128 Å². The highest BCUT2D eigenvalue weighted by atomic mass is 35.5. The van der Waals surface area contributed by atoms with E-state index < -0.39 is 24.3 Å². The third kappa shape index (κ3) is 5.71. The van der Waals surface area contributed by atoms with Gasteiger partial charge in [-0.1, -0.05) is 23.7 Å². The summed E-state index contributed by atoms with van der Waals surface area (Å²) in [5.41, 5.74) is 7.40. The van der Waals surface area contributed by atoms with Crippen molar-refractivity contribution in [3.63, 3.8) is 0 Å². The van der Waals surface area contributed by atoms with Gasteiger partial charge in [-0.05, 0) is 61.8 Å². The van der Waals surface area contributed by atoms with Gasteiger partial charge in [-0.15, -0.1) is 0 Å². The maximum atomic E-state index is 14.4. The first-order chi connectivity index (χ1) is 18.4. The number of nitrogens with one attached hydrogen (secondary N) is 1. The molecule has 1 aromatic carbocycles. The van der Waals surface area contributed by atoms with E-state index in [2.05, 4.69) is 20.4 Å². The van der Waals surface area contributed by atoms with E-state index in [0.29, 0.717) is 43.6 Å². The number of ether oxygens (including phenoxy) is 1. The third-order valence-corrected chi connectivity index (χ3v) is 7.43. The fourth-order valence-corrected chi connectivity index (χ4v) is 5.36. The molecule has 3 heterocycles. The molecule has 0 bridgehead atoms. The van der Waals surface area contributed by atoms with Gasteiger partial charge in [0, 0.05) is 29.4 Å². The SMILES string of the molecule is Cc1ccn(-c2cc(Cl)ccc2[C@@H](Oc2cc(C3=CC[C@@]4(CC3)CN[C@H](C(=O)O)C4)nc(N)n2)C(F)(F)F)n1. The molecule has 2 aromatic heterocycles. The van der Waals surface area contributed by atoms with Crippen LogP contribution in [0.15, 0.2) is 42.6 Å². The van der Waals surface area contributed by atoms with Gasteiger partial charge in [0.15, 0.2) is 0 Å². The summed E-state index contributed by atoms with van der Waals surface area (Å²) in [5, 5.41) is 16.8. The van der Waals surface area contributed by atoms with Gasteiger partial charge in [0.05, 0.1) is 17.1 Å². The Morgan fingerprint density at radius 2 is 2.10 bits per heavy atom. The van der Waals surface area contributed by atoms with E-state index in [1.54, 1.807) is 19.2 Å². The third-order valence-electron chi connectivity index (χ3n) is 7.19. The number of hydrogen-bond donors (Lipinski definition) is 3. The zero-order valence-electron chi connectivity index (χ0n) is 20.9. The molecule has 206 valence electrons. The summed E-state index contributed by atoms with van der Waals surface area (Å²) in [6.07, 6.45) is -1.32. The van der Waals surface area contributed by atoms with Gasteiger partial charge in [0.2, 0.25) is 17.9 Å². The van der Waals surface area contributed by atoms with Gasteiger partial charge in [-0.25, -0.2) is 9.67 Å². The Morgan fingerprint density at radius 3 is 2.72 bits per heavy atom. The molecule has 5 rings (SSSR count). The first-order valence-corrected chi connectivity index (χ1v) is 12.7. The van der Waals surface area contributed by atoms with Crippen LogP contribution in [0.5, 0.6) is 5.88 Å². The normalized spacial score (nSPS) is 22.1. The minimum absolute atomic E-state index is 0.116. The molecule has 0 saturated carbocycles. The number of anilines is 1. The average Bonchev–Trinajstić information content (AvgIpc) is 3.49. The summed E-state index contributed by atoms with van der Waals surface area (Å²) in [6.45, 7) is 2.31. The highest BCUT2D eigenvalue weighted by Gasteiger charge is 2.45. The number of nitrogens with zero attached hydrogens (tertiary/aromatic N) is 4. The molecule has 1 fully saturated rings. The number of benzene rings is 1. The molecule has 0 radical (unpaired) electrons. The van der Waals surface area contributed by atoms with Crippen molar-refractivity contribution in [3.8, 4) is 11.6 Å². The zero-order valence-corrected chi connectivity index (χ0v) is 21.6. The fourth-order valence-electron chi connectivity index (χ4n) is 5.20. The van der Waals surface area contributed by atoms with E-state index in [0.717, 1.165) is 5.57 Å². The number of hydrogen-bond acceptors (Lipinski definition) is 7. The summed E-state index contributed by atoms with van der Waals surface area (Å²) in [5.74, 6) is -1.43. The lowest BCUT2D eigenvalue weighted by atomic mass is 9.73. The molecule has 4 N–H and O–H groups in total. The van der Waals surface area contributed by atoms with E-state index in [-0.39, 0.29) is 33.5 Å². The number of aryl methyl sites for hydroxylation is 1. The van der Waals surface area contributed by atoms with Gasteiger partial charge in [0.25, 0.3) is 0 Å².